The molecule has 0 spiro atoms. The number of aliphatic imine (C=N–C) groups is 1. The van der Waals surface area contributed by atoms with Crippen LogP contribution in [0.15, 0.2) is 191 Å². The smallest absolute Gasteiger partial charge is 0.332 e. The highest BCUT2D eigenvalue weighted by molar-refractivity contribution is 6.15. The maximum absolute atomic E-state index is 6.44. The minimum atomic E-state index is 0.0547. The number of rotatable bonds is 5. The number of aromatic nitrogens is 2. The van der Waals surface area contributed by atoms with E-state index in [4.69, 9.17) is 19.4 Å². The molecule has 54 heavy (non-hydrogen) atoms. The summed E-state index contributed by atoms with van der Waals surface area (Å²) in [6.07, 6.45) is 8.48. The van der Waals surface area contributed by atoms with Gasteiger partial charge in [-0.05, 0) is 88.9 Å². The summed E-state index contributed by atoms with van der Waals surface area (Å²) in [4.78, 5) is 15.4. The van der Waals surface area contributed by atoms with E-state index in [0.717, 1.165) is 100 Å². The predicted octanol–water partition coefficient (Wildman–Crippen LogP) is 11.7. The molecule has 11 rings (SSSR count). The Bertz CT molecular complexity index is 3080. The van der Waals surface area contributed by atoms with Crippen LogP contribution in [0.25, 0.3) is 77.4 Å². The fraction of sp³-hybridized carbons (Fsp3) is 0.0204. The van der Waals surface area contributed by atoms with E-state index in [1.807, 2.05) is 24.3 Å². The zero-order chi connectivity index (χ0) is 35.6. The van der Waals surface area contributed by atoms with Gasteiger partial charge in [0.25, 0.3) is 0 Å². The molecule has 9 aromatic rings. The molecule has 0 amide bonds. The van der Waals surface area contributed by atoms with E-state index in [2.05, 4.69) is 162 Å². The molecule has 0 saturated carbocycles. The van der Waals surface area contributed by atoms with E-state index in [1.54, 1.807) is 0 Å². The summed E-state index contributed by atoms with van der Waals surface area (Å²) >= 11 is 0. The summed E-state index contributed by atoms with van der Waals surface area (Å²) in [5, 5.41) is 4.28. The number of nitrogens with zero attached hydrogens (tertiary/aromatic N) is 4. The SMILES string of the molecule is C1=CC2=NC(c3ccccc3)=[N+](c3ccc(-c4cccc5oc6ccc(-c7ccc8ccc9ccc(-c%10ccccc%10)nc9c8n7)cc6c45)cc3)C2C=C1. The summed E-state index contributed by atoms with van der Waals surface area (Å²) in [6.45, 7) is 0. The molecule has 252 valence electrons. The maximum Gasteiger partial charge on any atom is 0.332 e. The van der Waals surface area contributed by atoms with Crippen molar-refractivity contribution in [3.63, 3.8) is 0 Å². The highest BCUT2D eigenvalue weighted by Crippen LogP contribution is 2.39. The number of allylic oxidation sites excluding steroid dienone is 2. The Morgan fingerprint density at radius 2 is 1.19 bits per heavy atom. The third kappa shape index (κ3) is 4.94. The summed E-state index contributed by atoms with van der Waals surface area (Å²) < 4.78 is 8.77. The van der Waals surface area contributed by atoms with Crippen LogP contribution < -0.4 is 0 Å². The molecule has 3 aromatic heterocycles. The van der Waals surface area contributed by atoms with Gasteiger partial charge in [0.1, 0.15) is 16.9 Å². The lowest BCUT2D eigenvalue weighted by atomic mass is 9.97. The molecule has 0 N–H and O–H groups in total. The van der Waals surface area contributed by atoms with Gasteiger partial charge < -0.3 is 4.42 Å². The zero-order valence-electron chi connectivity index (χ0n) is 29.1. The molecule has 1 aliphatic heterocycles. The monoisotopic (exact) mass is 691 g/mol. The van der Waals surface area contributed by atoms with Gasteiger partial charge in [-0.15, -0.1) is 0 Å². The Hall–Kier alpha value is -7.24. The fourth-order valence-corrected chi connectivity index (χ4v) is 7.95. The van der Waals surface area contributed by atoms with Crippen molar-refractivity contribution in [2.45, 2.75) is 6.04 Å². The van der Waals surface area contributed by atoms with E-state index < -0.39 is 0 Å². The van der Waals surface area contributed by atoms with Gasteiger partial charge in [-0.1, -0.05) is 109 Å². The van der Waals surface area contributed by atoms with Gasteiger partial charge in [-0.2, -0.15) is 0 Å². The van der Waals surface area contributed by atoms with Crippen molar-refractivity contribution in [2.24, 2.45) is 4.99 Å². The molecule has 1 atom stereocenters. The Morgan fingerprint density at radius 3 is 1.93 bits per heavy atom. The molecule has 1 unspecified atom stereocenters. The lowest BCUT2D eigenvalue weighted by molar-refractivity contribution is -0.447. The van der Waals surface area contributed by atoms with E-state index in [1.165, 1.54) is 0 Å². The normalized spacial score (nSPS) is 15.1. The van der Waals surface area contributed by atoms with Gasteiger partial charge in [0.05, 0.1) is 28.0 Å². The van der Waals surface area contributed by atoms with Crippen LogP contribution >= 0.6 is 0 Å². The van der Waals surface area contributed by atoms with E-state index in [-0.39, 0.29) is 6.04 Å². The van der Waals surface area contributed by atoms with Crippen molar-refractivity contribution < 1.29 is 8.99 Å². The highest BCUT2D eigenvalue weighted by Gasteiger charge is 2.37. The number of amidine groups is 1. The van der Waals surface area contributed by atoms with Gasteiger partial charge in [-0.25, -0.2) is 14.5 Å². The summed E-state index contributed by atoms with van der Waals surface area (Å²) in [5.74, 6) is 0.956. The Balaban J connectivity index is 1.01. The molecule has 5 heteroatoms. The molecule has 2 aliphatic rings. The number of pyridine rings is 2. The summed E-state index contributed by atoms with van der Waals surface area (Å²) in [5.41, 5.74) is 12.9. The second-order valence-electron chi connectivity index (χ2n) is 13.8. The van der Waals surface area contributed by atoms with E-state index >= 15 is 0 Å². The molecule has 0 fully saturated rings. The van der Waals surface area contributed by atoms with Crippen LogP contribution in [-0.4, -0.2) is 32.1 Å². The zero-order valence-corrected chi connectivity index (χ0v) is 29.1. The first-order valence-corrected chi connectivity index (χ1v) is 18.2. The van der Waals surface area contributed by atoms with Gasteiger partial charge >= 0.3 is 5.84 Å². The molecule has 0 saturated heterocycles. The molecule has 0 bridgehead atoms. The Labute approximate surface area is 311 Å². The topological polar surface area (TPSA) is 54.3 Å². The van der Waals surface area contributed by atoms with Crippen molar-refractivity contribution in [3.05, 3.63) is 188 Å². The summed E-state index contributed by atoms with van der Waals surface area (Å²) in [6, 6.07) is 55.0. The number of hydrogen-bond donors (Lipinski definition) is 0. The van der Waals surface area contributed by atoms with Crippen LogP contribution in [0, 0.1) is 0 Å². The number of hydrogen-bond acceptors (Lipinski definition) is 4. The average molecular weight is 692 g/mol. The second-order valence-corrected chi connectivity index (χ2v) is 13.8. The standard InChI is InChI=1S/C49H31N4O/c1-3-10-32(11-4-1)40-27-22-33-18-19-34-23-28-41(51-48(34)47(33)50-40)36-24-29-44-39(30-36)46-38(14-9-17-45(46)54-44)31-20-25-37(26-21-31)53-43-16-8-7-15-42(43)52-49(53)35-12-5-2-6-13-35/h1-30,43H/q+1. The predicted molar refractivity (Wildman–Crippen MR) is 221 cm³/mol. The van der Waals surface area contributed by atoms with Crippen LogP contribution in [-0.2, 0) is 0 Å². The molecular weight excluding hydrogens is 661 g/mol. The average Bonchev–Trinajstić information content (AvgIpc) is 3.83. The molecule has 0 radical (unpaired) electrons. The van der Waals surface area contributed by atoms with Gasteiger partial charge in [0.15, 0.2) is 6.04 Å². The quantitative estimate of drug-likeness (QED) is 0.133. The van der Waals surface area contributed by atoms with E-state index in [0.29, 0.717) is 0 Å². The minimum Gasteiger partial charge on any atom is -0.456 e. The van der Waals surface area contributed by atoms with Crippen molar-refractivity contribution in [1.29, 1.82) is 0 Å². The minimum absolute atomic E-state index is 0.0547. The molecule has 4 heterocycles. The van der Waals surface area contributed by atoms with Crippen molar-refractivity contribution in [3.8, 4) is 33.6 Å². The second kappa shape index (κ2) is 12.2. The van der Waals surface area contributed by atoms with Crippen LogP contribution in [0.2, 0.25) is 0 Å². The van der Waals surface area contributed by atoms with Gasteiger partial charge in [0.2, 0.25) is 5.71 Å². The maximum atomic E-state index is 6.44. The first-order valence-electron chi connectivity index (χ1n) is 18.2. The van der Waals surface area contributed by atoms with Crippen LogP contribution in [0.1, 0.15) is 5.56 Å². The first kappa shape index (κ1) is 30.4. The first-order chi connectivity index (χ1) is 26.7. The van der Waals surface area contributed by atoms with Crippen LogP contribution in [0.5, 0.6) is 0 Å². The third-order valence-corrected chi connectivity index (χ3v) is 10.6. The lowest BCUT2D eigenvalue weighted by Crippen LogP contribution is -2.26. The number of fused-ring (bicyclic) bond motifs is 7. The van der Waals surface area contributed by atoms with Gasteiger partial charge in [0, 0.05) is 32.7 Å². The van der Waals surface area contributed by atoms with E-state index in [9.17, 15) is 0 Å². The lowest BCUT2D eigenvalue weighted by Gasteiger charge is -2.13. The number of benzene rings is 6. The Morgan fingerprint density at radius 1 is 0.519 bits per heavy atom. The number of furan rings is 1. The Kier molecular flexibility index (Phi) is 6.85. The molecular formula is C49H31N4O+. The fourth-order valence-electron chi connectivity index (χ4n) is 7.95. The van der Waals surface area contributed by atoms with Crippen molar-refractivity contribution >= 4 is 61.0 Å². The molecule has 1 aliphatic carbocycles. The van der Waals surface area contributed by atoms with Crippen molar-refractivity contribution in [1.82, 2.24) is 9.97 Å². The highest BCUT2D eigenvalue weighted by atomic mass is 16.3. The van der Waals surface area contributed by atoms with Crippen molar-refractivity contribution in [2.75, 3.05) is 0 Å². The summed E-state index contributed by atoms with van der Waals surface area (Å²) in [7, 11) is 0. The third-order valence-electron chi connectivity index (χ3n) is 10.6. The molecule has 5 nitrogen and oxygen atoms in total. The largest absolute Gasteiger partial charge is 0.456 e. The van der Waals surface area contributed by atoms with Gasteiger partial charge in [-0.3, -0.25) is 0 Å². The molecule has 6 aromatic carbocycles. The van der Waals surface area contributed by atoms with Crippen LogP contribution in [0.4, 0.5) is 5.69 Å². The van der Waals surface area contributed by atoms with Crippen LogP contribution in [0.3, 0.4) is 0 Å².